The molecule has 5 nitrogen and oxygen atoms in total. The second-order valence-electron chi connectivity index (χ2n) is 4.31. The molecule has 2 fully saturated rings. The molecule has 0 aromatic rings. The topological polar surface area (TPSA) is 53.6 Å². The highest BCUT2D eigenvalue weighted by atomic mass is 35.5. The van der Waals surface area contributed by atoms with E-state index in [1.165, 1.54) is 11.5 Å². The zero-order valence-electron chi connectivity index (χ0n) is 10.9. The lowest BCUT2D eigenvalue weighted by molar-refractivity contribution is -0.134. The molecule has 2 N–H and O–H groups in total. The minimum atomic E-state index is -0.305. The number of halogens is 2. The van der Waals surface area contributed by atoms with Crippen LogP contribution in [0.5, 0.6) is 0 Å². The Morgan fingerprint density at radius 2 is 2.11 bits per heavy atom. The van der Waals surface area contributed by atoms with Gasteiger partial charge in [-0.2, -0.15) is 11.8 Å². The summed E-state index contributed by atoms with van der Waals surface area (Å²) >= 11 is 2.00. The fraction of sp³-hybridized carbons (Fsp3) is 0.909. The lowest BCUT2D eigenvalue weighted by Crippen LogP contribution is -2.49. The Morgan fingerprint density at radius 1 is 1.37 bits per heavy atom. The van der Waals surface area contributed by atoms with Crippen LogP contribution >= 0.6 is 36.6 Å². The molecule has 8 heteroatoms. The Labute approximate surface area is 131 Å². The molecule has 0 saturated carbocycles. The third kappa shape index (κ3) is 7.02. The van der Waals surface area contributed by atoms with Crippen LogP contribution in [-0.2, 0) is 9.53 Å². The van der Waals surface area contributed by atoms with E-state index in [-0.39, 0.29) is 36.8 Å². The fourth-order valence-electron chi connectivity index (χ4n) is 2.01. The summed E-state index contributed by atoms with van der Waals surface area (Å²) < 4.78 is 5.39. The number of nitrogens with zero attached hydrogens (tertiary/aromatic N) is 1. The van der Waals surface area contributed by atoms with Gasteiger partial charge in [-0.3, -0.25) is 9.69 Å². The molecule has 1 atom stereocenters. The monoisotopic (exact) mass is 331 g/mol. The summed E-state index contributed by atoms with van der Waals surface area (Å²) in [6.45, 7) is 6.06. The Bertz CT molecular complexity index is 250. The quantitative estimate of drug-likeness (QED) is 0.758. The van der Waals surface area contributed by atoms with Crippen molar-refractivity contribution in [3.05, 3.63) is 0 Å². The predicted molar refractivity (Wildman–Crippen MR) is 83.9 cm³/mol. The van der Waals surface area contributed by atoms with Crippen LogP contribution in [0.4, 0.5) is 0 Å². The van der Waals surface area contributed by atoms with Crippen molar-refractivity contribution in [3.63, 3.8) is 0 Å². The van der Waals surface area contributed by atoms with Crippen LogP contribution in [0, 0.1) is 0 Å². The summed E-state index contributed by atoms with van der Waals surface area (Å²) in [6, 6.07) is 0. The number of carbonyl (C=O) groups is 1. The second-order valence-corrected chi connectivity index (χ2v) is 5.53. The number of thioether (sulfide) groups is 1. The first kappa shape index (κ1) is 19.3. The molecule has 0 aliphatic carbocycles. The van der Waals surface area contributed by atoms with Crippen molar-refractivity contribution in [2.45, 2.75) is 6.10 Å². The maximum Gasteiger partial charge on any atom is 0.250 e. The number of carbonyl (C=O) groups excluding carboxylic acids is 1. The van der Waals surface area contributed by atoms with E-state index in [4.69, 9.17) is 4.74 Å². The van der Waals surface area contributed by atoms with E-state index in [1.807, 2.05) is 11.8 Å². The van der Waals surface area contributed by atoms with Gasteiger partial charge in [0.15, 0.2) is 0 Å². The van der Waals surface area contributed by atoms with Gasteiger partial charge in [0.25, 0.3) is 5.91 Å². The number of amides is 1. The van der Waals surface area contributed by atoms with Gasteiger partial charge in [0, 0.05) is 50.8 Å². The van der Waals surface area contributed by atoms with Gasteiger partial charge in [0.05, 0.1) is 6.61 Å². The largest absolute Gasteiger partial charge is 0.366 e. The predicted octanol–water partition coefficient (Wildman–Crippen LogP) is -0.0166. The van der Waals surface area contributed by atoms with Gasteiger partial charge >= 0.3 is 0 Å². The maximum atomic E-state index is 11.7. The van der Waals surface area contributed by atoms with Crippen LogP contribution < -0.4 is 10.6 Å². The van der Waals surface area contributed by atoms with Crippen molar-refractivity contribution < 1.29 is 9.53 Å². The summed E-state index contributed by atoms with van der Waals surface area (Å²) in [4.78, 5) is 14.1. The highest BCUT2D eigenvalue weighted by Crippen LogP contribution is 2.07. The first-order chi connectivity index (χ1) is 8.36. The summed E-state index contributed by atoms with van der Waals surface area (Å²) in [7, 11) is 0. The normalized spacial score (nSPS) is 23.9. The molecule has 19 heavy (non-hydrogen) atoms. The average Bonchev–Trinajstić information content (AvgIpc) is 2.41. The van der Waals surface area contributed by atoms with Crippen LogP contribution in [0.1, 0.15) is 0 Å². The lowest BCUT2D eigenvalue weighted by atomic mass is 10.3. The van der Waals surface area contributed by atoms with Crippen molar-refractivity contribution in [2.75, 3.05) is 57.4 Å². The van der Waals surface area contributed by atoms with Crippen LogP contribution in [0.3, 0.4) is 0 Å². The first-order valence-electron chi connectivity index (χ1n) is 6.26. The van der Waals surface area contributed by atoms with E-state index in [0.717, 1.165) is 32.7 Å². The van der Waals surface area contributed by atoms with Crippen LogP contribution in [0.2, 0.25) is 0 Å². The molecule has 2 aliphatic heterocycles. The molecule has 114 valence electrons. The zero-order chi connectivity index (χ0) is 11.9. The molecule has 0 spiro atoms. The molecule has 2 heterocycles. The van der Waals surface area contributed by atoms with E-state index >= 15 is 0 Å². The van der Waals surface area contributed by atoms with Gasteiger partial charge in [-0.1, -0.05) is 0 Å². The molecule has 0 aromatic carbocycles. The highest BCUT2D eigenvalue weighted by Gasteiger charge is 2.21. The molecule has 1 amide bonds. The average molecular weight is 332 g/mol. The van der Waals surface area contributed by atoms with E-state index in [2.05, 4.69) is 15.5 Å². The minimum Gasteiger partial charge on any atom is -0.366 e. The van der Waals surface area contributed by atoms with Crippen molar-refractivity contribution in [3.8, 4) is 0 Å². The second kappa shape index (κ2) is 11.0. The van der Waals surface area contributed by atoms with Crippen molar-refractivity contribution >= 4 is 42.5 Å². The van der Waals surface area contributed by atoms with Crippen molar-refractivity contribution in [1.82, 2.24) is 15.5 Å². The smallest absolute Gasteiger partial charge is 0.250 e. The van der Waals surface area contributed by atoms with Gasteiger partial charge in [0.2, 0.25) is 0 Å². The van der Waals surface area contributed by atoms with Gasteiger partial charge in [-0.05, 0) is 0 Å². The molecular weight excluding hydrogens is 309 g/mol. The van der Waals surface area contributed by atoms with Crippen LogP contribution in [0.25, 0.3) is 0 Å². The van der Waals surface area contributed by atoms with E-state index in [0.29, 0.717) is 13.2 Å². The number of morpholine rings is 1. The maximum absolute atomic E-state index is 11.7. The number of nitrogens with one attached hydrogen (secondary N) is 2. The fourth-order valence-corrected chi connectivity index (χ4v) is 2.99. The molecule has 2 aliphatic rings. The summed E-state index contributed by atoms with van der Waals surface area (Å²) in [6.07, 6.45) is -0.305. The van der Waals surface area contributed by atoms with Gasteiger partial charge < -0.3 is 15.4 Å². The van der Waals surface area contributed by atoms with E-state index in [9.17, 15) is 4.79 Å². The van der Waals surface area contributed by atoms with E-state index in [1.54, 1.807) is 0 Å². The van der Waals surface area contributed by atoms with Gasteiger partial charge in [-0.25, -0.2) is 0 Å². The molecule has 0 bridgehead atoms. The summed E-state index contributed by atoms with van der Waals surface area (Å²) in [5.74, 6) is 2.44. The first-order valence-corrected chi connectivity index (χ1v) is 7.42. The standard InChI is InChI=1S/C11H21N3O2S.2ClH/c15-11(10-9-12-2-6-16-10)13-1-3-14-4-7-17-8-5-14;;/h10,12H,1-9H2,(H,13,15);2*1H. The summed E-state index contributed by atoms with van der Waals surface area (Å²) in [5.41, 5.74) is 0. The highest BCUT2D eigenvalue weighted by molar-refractivity contribution is 7.99. The number of hydrogen-bond donors (Lipinski definition) is 2. The SMILES string of the molecule is Cl.Cl.O=C(NCCN1CCSCC1)C1CNCCO1. The minimum absolute atomic E-state index is 0. The zero-order valence-corrected chi connectivity index (χ0v) is 13.4. The Hall–Kier alpha value is 0.280. The number of rotatable bonds is 4. The molecule has 2 saturated heterocycles. The van der Waals surface area contributed by atoms with Crippen molar-refractivity contribution in [1.29, 1.82) is 0 Å². The molecular formula is C11H23Cl2N3O2S. The summed E-state index contributed by atoms with van der Waals surface area (Å²) in [5, 5.41) is 6.10. The molecule has 0 aromatic heterocycles. The van der Waals surface area contributed by atoms with Crippen LogP contribution in [0.15, 0.2) is 0 Å². The third-order valence-electron chi connectivity index (χ3n) is 3.05. The number of ether oxygens (including phenoxy) is 1. The van der Waals surface area contributed by atoms with Crippen LogP contribution in [-0.4, -0.2) is 74.3 Å². The van der Waals surface area contributed by atoms with E-state index < -0.39 is 0 Å². The Morgan fingerprint density at radius 3 is 2.74 bits per heavy atom. The lowest BCUT2D eigenvalue weighted by Gasteiger charge is -2.27. The molecule has 0 radical (unpaired) electrons. The molecule has 2 rings (SSSR count). The Kier molecular flexibility index (Phi) is 11.2. The van der Waals surface area contributed by atoms with Gasteiger partial charge in [-0.15, -0.1) is 24.8 Å². The van der Waals surface area contributed by atoms with Gasteiger partial charge in [0.1, 0.15) is 6.10 Å². The van der Waals surface area contributed by atoms with Crippen molar-refractivity contribution in [2.24, 2.45) is 0 Å². The molecule has 1 unspecified atom stereocenters. The third-order valence-corrected chi connectivity index (χ3v) is 3.99. The number of hydrogen-bond acceptors (Lipinski definition) is 5. The Balaban J connectivity index is 0.00000162.